The number of esters is 2. The van der Waals surface area contributed by atoms with Gasteiger partial charge in [-0.25, -0.2) is 4.79 Å². The standard InChI is InChI=1S/C24H28O10/c1-13(2)33-22(26)23(3,4)12-32-19-16(8-9-18(20(19)30-5)34-24(27,28)29)14-6-7-17-15(10-14)11-31-21(17)25/h6-10,13,27-29H,11-12H2,1-5H3. The predicted octanol–water partition coefficient (Wildman–Crippen LogP) is 2.36. The third-order valence-electron chi connectivity index (χ3n) is 4.99. The molecule has 0 bridgehead atoms. The average Bonchev–Trinajstić information content (AvgIpc) is 3.10. The van der Waals surface area contributed by atoms with Crippen molar-refractivity contribution >= 4 is 11.9 Å². The van der Waals surface area contributed by atoms with Crippen molar-refractivity contribution in [2.75, 3.05) is 13.7 Å². The quantitative estimate of drug-likeness (QED) is 0.365. The van der Waals surface area contributed by atoms with Crippen LogP contribution < -0.4 is 14.2 Å². The van der Waals surface area contributed by atoms with Crippen LogP contribution in [0.5, 0.6) is 17.2 Å². The first-order chi connectivity index (χ1) is 15.8. The van der Waals surface area contributed by atoms with Crippen LogP contribution in [-0.2, 0) is 20.9 Å². The molecule has 0 aliphatic carbocycles. The number of rotatable bonds is 9. The Morgan fingerprint density at radius 2 is 1.76 bits per heavy atom. The summed E-state index contributed by atoms with van der Waals surface area (Å²) in [6.45, 7) is 6.80. The highest BCUT2D eigenvalue weighted by atomic mass is 16.9. The molecule has 10 heteroatoms. The van der Waals surface area contributed by atoms with Gasteiger partial charge in [-0.3, -0.25) is 4.79 Å². The van der Waals surface area contributed by atoms with Crippen LogP contribution in [0.2, 0.25) is 0 Å². The highest BCUT2D eigenvalue weighted by Gasteiger charge is 2.33. The number of methoxy groups -OCH3 is 1. The molecule has 34 heavy (non-hydrogen) atoms. The van der Waals surface area contributed by atoms with Crippen LogP contribution in [0, 0.1) is 5.41 Å². The van der Waals surface area contributed by atoms with Crippen LogP contribution in [0.1, 0.15) is 43.6 Å². The van der Waals surface area contributed by atoms with Crippen molar-refractivity contribution in [2.45, 2.75) is 46.6 Å². The molecule has 3 rings (SSSR count). The van der Waals surface area contributed by atoms with Gasteiger partial charge in [-0.15, -0.1) is 0 Å². The molecular formula is C24H28O10. The van der Waals surface area contributed by atoms with Gasteiger partial charge in [-0.2, -0.15) is 0 Å². The first kappa shape index (κ1) is 25.3. The maximum absolute atomic E-state index is 12.5. The smallest absolute Gasteiger partial charge is 0.453 e. The van der Waals surface area contributed by atoms with Gasteiger partial charge in [-0.1, -0.05) is 6.07 Å². The Morgan fingerprint density at radius 1 is 1.09 bits per heavy atom. The summed E-state index contributed by atoms with van der Waals surface area (Å²) >= 11 is 0. The third-order valence-corrected chi connectivity index (χ3v) is 4.99. The van der Waals surface area contributed by atoms with Gasteiger partial charge in [0.1, 0.15) is 13.2 Å². The fraction of sp³-hybridized carbons (Fsp3) is 0.417. The topological polar surface area (TPSA) is 141 Å². The number of aliphatic hydroxyl groups is 3. The Labute approximate surface area is 196 Å². The minimum atomic E-state index is -3.46. The maximum Gasteiger partial charge on any atom is 0.453 e. The second kappa shape index (κ2) is 9.49. The predicted molar refractivity (Wildman–Crippen MR) is 118 cm³/mol. The Morgan fingerprint density at radius 3 is 2.38 bits per heavy atom. The van der Waals surface area contributed by atoms with Crippen LogP contribution in [0.15, 0.2) is 30.3 Å². The van der Waals surface area contributed by atoms with Crippen LogP contribution >= 0.6 is 0 Å². The van der Waals surface area contributed by atoms with Gasteiger partial charge < -0.3 is 39.0 Å². The van der Waals surface area contributed by atoms with E-state index < -0.39 is 23.5 Å². The van der Waals surface area contributed by atoms with Crippen molar-refractivity contribution < 1.29 is 48.6 Å². The molecule has 2 aromatic carbocycles. The lowest BCUT2D eigenvalue weighted by atomic mass is 9.94. The highest BCUT2D eigenvalue weighted by Crippen LogP contribution is 2.46. The number of hydrogen-bond donors (Lipinski definition) is 3. The number of cyclic esters (lactones) is 1. The lowest BCUT2D eigenvalue weighted by molar-refractivity contribution is -0.419. The summed E-state index contributed by atoms with van der Waals surface area (Å²) in [5.74, 6) is -1.05. The molecule has 0 fully saturated rings. The number of carbonyl (C=O) groups is 2. The van der Waals surface area contributed by atoms with Gasteiger partial charge in [0, 0.05) is 11.1 Å². The van der Waals surface area contributed by atoms with Gasteiger partial charge in [0.2, 0.25) is 5.75 Å². The summed E-state index contributed by atoms with van der Waals surface area (Å²) in [6.07, 6.45) is -3.77. The monoisotopic (exact) mass is 476 g/mol. The zero-order valence-electron chi connectivity index (χ0n) is 19.6. The Balaban J connectivity index is 2.06. The zero-order valence-corrected chi connectivity index (χ0v) is 19.6. The van der Waals surface area contributed by atoms with E-state index >= 15 is 0 Å². The summed E-state index contributed by atoms with van der Waals surface area (Å²) in [5.41, 5.74) is 1.24. The molecule has 0 radical (unpaired) electrons. The number of fused-ring (bicyclic) bond motifs is 1. The molecule has 0 spiro atoms. The molecule has 184 valence electrons. The normalized spacial score (nSPS) is 13.4. The summed E-state index contributed by atoms with van der Waals surface area (Å²) in [5, 5.41) is 27.9. The second-order valence-corrected chi connectivity index (χ2v) is 8.72. The SMILES string of the molecule is COc1c(OC(O)(O)O)ccc(-c2ccc3c(c2)COC3=O)c1OCC(C)(C)C(=O)OC(C)C. The van der Waals surface area contributed by atoms with E-state index in [-0.39, 0.29) is 36.6 Å². The summed E-state index contributed by atoms with van der Waals surface area (Å²) in [4.78, 5) is 24.3. The number of benzene rings is 2. The molecule has 0 amide bonds. The molecule has 1 aliphatic rings. The fourth-order valence-electron chi connectivity index (χ4n) is 3.32. The minimum absolute atomic E-state index is 0.0557. The summed E-state index contributed by atoms with van der Waals surface area (Å²) < 4.78 is 26.6. The third kappa shape index (κ3) is 5.58. The van der Waals surface area contributed by atoms with E-state index in [0.717, 1.165) is 0 Å². The minimum Gasteiger partial charge on any atom is -0.490 e. The van der Waals surface area contributed by atoms with E-state index in [1.54, 1.807) is 52.0 Å². The van der Waals surface area contributed by atoms with Gasteiger partial charge >= 0.3 is 18.1 Å². The molecule has 2 aromatic rings. The number of carbonyl (C=O) groups excluding carboxylic acids is 2. The molecule has 1 aliphatic heterocycles. The molecule has 3 N–H and O–H groups in total. The van der Waals surface area contributed by atoms with Gasteiger partial charge in [0.25, 0.3) is 0 Å². The van der Waals surface area contributed by atoms with Crippen molar-refractivity contribution in [3.63, 3.8) is 0 Å². The molecule has 0 saturated carbocycles. The van der Waals surface area contributed by atoms with E-state index in [1.165, 1.54) is 13.2 Å². The molecular weight excluding hydrogens is 448 g/mol. The van der Waals surface area contributed by atoms with E-state index in [2.05, 4.69) is 0 Å². The van der Waals surface area contributed by atoms with Crippen molar-refractivity contribution in [3.8, 4) is 28.4 Å². The average molecular weight is 476 g/mol. The van der Waals surface area contributed by atoms with Crippen molar-refractivity contribution in [1.82, 2.24) is 0 Å². The molecule has 0 aromatic heterocycles. The first-order valence-electron chi connectivity index (χ1n) is 10.5. The van der Waals surface area contributed by atoms with Gasteiger partial charge in [-0.05, 0) is 57.5 Å². The largest absolute Gasteiger partial charge is 0.490 e. The first-order valence-corrected chi connectivity index (χ1v) is 10.5. The van der Waals surface area contributed by atoms with E-state index in [0.29, 0.717) is 22.3 Å². The second-order valence-electron chi connectivity index (χ2n) is 8.72. The number of hydrogen-bond acceptors (Lipinski definition) is 10. The molecule has 0 unspecified atom stereocenters. The molecule has 10 nitrogen and oxygen atoms in total. The Bertz CT molecular complexity index is 1080. The van der Waals surface area contributed by atoms with Gasteiger partial charge in [0.05, 0.1) is 24.2 Å². The highest BCUT2D eigenvalue weighted by molar-refractivity contribution is 5.94. The zero-order chi connectivity index (χ0) is 25.3. The molecule has 0 saturated heterocycles. The number of ether oxygens (including phenoxy) is 5. The van der Waals surface area contributed by atoms with E-state index in [4.69, 9.17) is 23.7 Å². The van der Waals surface area contributed by atoms with Crippen LogP contribution in [0.4, 0.5) is 0 Å². The Hall–Kier alpha value is -3.34. The van der Waals surface area contributed by atoms with Crippen LogP contribution in [0.25, 0.3) is 11.1 Å². The summed E-state index contributed by atoms with van der Waals surface area (Å²) in [6, 6.07) is 7.99. The fourth-order valence-corrected chi connectivity index (χ4v) is 3.32. The van der Waals surface area contributed by atoms with Crippen molar-refractivity contribution in [3.05, 3.63) is 41.5 Å². The van der Waals surface area contributed by atoms with E-state index in [1.807, 2.05) is 0 Å². The van der Waals surface area contributed by atoms with Crippen LogP contribution in [-0.4, -0.2) is 53.2 Å². The lowest BCUT2D eigenvalue weighted by Crippen LogP contribution is -2.35. The Kier molecular flexibility index (Phi) is 7.06. The lowest BCUT2D eigenvalue weighted by Gasteiger charge is -2.26. The van der Waals surface area contributed by atoms with Crippen LogP contribution in [0.3, 0.4) is 0 Å². The maximum atomic E-state index is 12.5. The van der Waals surface area contributed by atoms with Crippen molar-refractivity contribution in [1.29, 1.82) is 0 Å². The van der Waals surface area contributed by atoms with Crippen molar-refractivity contribution in [2.24, 2.45) is 5.41 Å². The molecule has 0 atom stereocenters. The summed E-state index contributed by atoms with van der Waals surface area (Å²) in [7, 11) is 1.31. The van der Waals surface area contributed by atoms with E-state index in [9.17, 15) is 24.9 Å². The molecule has 1 heterocycles. The van der Waals surface area contributed by atoms with Gasteiger partial charge in [0.15, 0.2) is 11.5 Å².